The zero-order valence-electron chi connectivity index (χ0n) is 9.33. The van der Waals surface area contributed by atoms with E-state index in [4.69, 9.17) is 16.3 Å². The third-order valence-electron chi connectivity index (χ3n) is 3.12. The summed E-state index contributed by atoms with van der Waals surface area (Å²) in [5.41, 5.74) is 2.00. The van der Waals surface area contributed by atoms with Crippen molar-refractivity contribution in [2.45, 2.75) is 25.2 Å². The van der Waals surface area contributed by atoms with E-state index < -0.39 is 0 Å². The van der Waals surface area contributed by atoms with Crippen LogP contribution in [0.3, 0.4) is 0 Å². The second kappa shape index (κ2) is 4.88. The van der Waals surface area contributed by atoms with Crippen LogP contribution in [0.25, 0.3) is 0 Å². The van der Waals surface area contributed by atoms with E-state index in [9.17, 15) is 4.79 Å². The fourth-order valence-electron chi connectivity index (χ4n) is 2.28. The van der Waals surface area contributed by atoms with Gasteiger partial charge in [0.2, 0.25) is 0 Å². The second-order valence-electron chi connectivity index (χ2n) is 4.11. The molecule has 0 heterocycles. The SMILES string of the molecule is COc1ccc2c(c1)[C@H](CCCCl)CC2=O. The Morgan fingerprint density at radius 1 is 1.50 bits per heavy atom. The Bertz CT molecular complexity index is 401. The standard InChI is InChI=1S/C13H15ClO2/c1-16-10-4-5-11-12(8-10)9(3-2-6-14)7-13(11)15/h4-5,8-9H,2-3,6-7H2,1H3/t9-/m1/s1. The van der Waals surface area contributed by atoms with Crippen LogP contribution in [0, 0.1) is 0 Å². The fraction of sp³-hybridized carbons (Fsp3) is 0.462. The molecule has 0 aliphatic heterocycles. The summed E-state index contributed by atoms with van der Waals surface area (Å²) in [7, 11) is 1.65. The number of hydrogen-bond acceptors (Lipinski definition) is 2. The third-order valence-corrected chi connectivity index (χ3v) is 3.38. The predicted molar refractivity (Wildman–Crippen MR) is 64.6 cm³/mol. The van der Waals surface area contributed by atoms with Gasteiger partial charge in [-0.2, -0.15) is 0 Å². The molecular formula is C13H15ClO2. The molecular weight excluding hydrogens is 224 g/mol. The maximum atomic E-state index is 11.8. The Balaban J connectivity index is 2.27. The molecule has 1 aliphatic rings. The molecule has 0 fully saturated rings. The Hall–Kier alpha value is -1.02. The third kappa shape index (κ3) is 2.07. The summed E-state index contributed by atoms with van der Waals surface area (Å²) in [6.07, 6.45) is 2.56. The molecule has 0 saturated heterocycles. The summed E-state index contributed by atoms with van der Waals surface area (Å²) in [5, 5.41) is 0. The highest BCUT2D eigenvalue weighted by atomic mass is 35.5. The van der Waals surface area contributed by atoms with Gasteiger partial charge in [-0.05, 0) is 42.5 Å². The number of ether oxygens (including phenoxy) is 1. The Kier molecular flexibility index (Phi) is 3.49. The van der Waals surface area contributed by atoms with Crippen LogP contribution >= 0.6 is 11.6 Å². The molecule has 2 rings (SSSR count). The Labute approximate surface area is 101 Å². The molecule has 2 nitrogen and oxygen atoms in total. The molecule has 0 aromatic heterocycles. The molecule has 1 aromatic rings. The number of Topliss-reactive ketones (excluding diaryl/α,β-unsaturated/α-hetero) is 1. The first-order chi connectivity index (χ1) is 7.76. The normalized spacial score (nSPS) is 18.6. The van der Waals surface area contributed by atoms with Crippen molar-refractivity contribution in [3.63, 3.8) is 0 Å². The van der Waals surface area contributed by atoms with Gasteiger partial charge in [-0.3, -0.25) is 4.79 Å². The minimum absolute atomic E-state index is 0.247. The highest BCUT2D eigenvalue weighted by Gasteiger charge is 2.28. The maximum Gasteiger partial charge on any atom is 0.163 e. The van der Waals surface area contributed by atoms with Gasteiger partial charge in [-0.15, -0.1) is 11.6 Å². The minimum Gasteiger partial charge on any atom is -0.497 e. The van der Waals surface area contributed by atoms with E-state index in [0.717, 1.165) is 29.7 Å². The topological polar surface area (TPSA) is 26.3 Å². The number of hydrogen-bond donors (Lipinski definition) is 0. The van der Waals surface area contributed by atoms with E-state index in [1.165, 1.54) is 0 Å². The largest absolute Gasteiger partial charge is 0.497 e. The lowest BCUT2D eigenvalue weighted by Crippen LogP contribution is -1.95. The van der Waals surface area contributed by atoms with Crippen LogP contribution < -0.4 is 4.74 Å². The average Bonchev–Trinajstić information content (AvgIpc) is 2.63. The molecule has 0 bridgehead atoms. The maximum absolute atomic E-state index is 11.8. The molecule has 1 aromatic carbocycles. The van der Waals surface area contributed by atoms with Gasteiger partial charge in [0.25, 0.3) is 0 Å². The molecule has 86 valence electrons. The predicted octanol–water partition coefficient (Wildman–Crippen LogP) is 3.38. The van der Waals surface area contributed by atoms with Gasteiger partial charge in [0.05, 0.1) is 7.11 Å². The summed E-state index contributed by atoms with van der Waals surface area (Å²) in [4.78, 5) is 11.8. The highest BCUT2D eigenvalue weighted by Crippen LogP contribution is 2.38. The molecule has 1 aliphatic carbocycles. The zero-order valence-corrected chi connectivity index (χ0v) is 10.1. The summed E-state index contributed by atoms with van der Waals surface area (Å²) in [5.74, 6) is 2.06. The first kappa shape index (κ1) is 11.5. The number of rotatable bonds is 4. The van der Waals surface area contributed by atoms with Crippen LogP contribution in [-0.4, -0.2) is 18.8 Å². The van der Waals surface area contributed by atoms with Gasteiger partial charge < -0.3 is 4.74 Å². The van der Waals surface area contributed by atoms with Crippen molar-refractivity contribution in [2.24, 2.45) is 0 Å². The first-order valence-corrected chi connectivity index (χ1v) is 6.07. The van der Waals surface area contributed by atoms with Crippen LogP contribution in [0.5, 0.6) is 5.75 Å². The van der Waals surface area contributed by atoms with E-state index in [-0.39, 0.29) is 5.78 Å². The van der Waals surface area contributed by atoms with Crippen LogP contribution in [0.2, 0.25) is 0 Å². The van der Waals surface area contributed by atoms with Crippen molar-refractivity contribution < 1.29 is 9.53 Å². The lowest BCUT2D eigenvalue weighted by atomic mass is 9.96. The molecule has 0 saturated carbocycles. The molecule has 0 N–H and O–H groups in total. The van der Waals surface area contributed by atoms with Crippen LogP contribution in [-0.2, 0) is 0 Å². The number of methoxy groups -OCH3 is 1. The molecule has 16 heavy (non-hydrogen) atoms. The van der Waals surface area contributed by atoms with Gasteiger partial charge in [0, 0.05) is 17.9 Å². The van der Waals surface area contributed by atoms with Gasteiger partial charge in [0.15, 0.2) is 5.78 Å². The summed E-state index contributed by atoms with van der Waals surface area (Å²) in [6, 6.07) is 5.71. The van der Waals surface area contributed by atoms with E-state index in [0.29, 0.717) is 18.2 Å². The molecule has 0 amide bonds. The molecule has 0 radical (unpaired) electrons. The average molecular weight is 239 g/mol. The lowest BCUT2D eigenvalue weighted by Gasteiger charge is -2.10. The fourth-order valence-corrected chi connectivity index (χ4v) is 2.44. The van der Waals surface area contributed by atoms with E-state index >= 15 is 0 Å². The number of ketones is 1. The molecule has 3 heteroatoms. The van der Waals surface area contributed by atoms with Gasteiger partial charge in [-0.25, -0.2) is 0 Å². The van der Waals surface area contributed by atoms with Crippen LogP contribution in [0.15, 0.2) is 18.2 Å². The zero-order chi connectivity index (χ0) is 11.5. The van der Waals surface area contributed by atoms with Crippen molar-refractivity contribution in [2.75, 3.05) is 13.0 Å². The van der Waals surface area contributed by atoms with Crippen molar-refractivity contribution in [3.8, 4) is 5.75 Å². The number of halogens is 1. The molecule has 0 unspecified atom stereocenters. The quantitative estimate of drug-likeness (QED) is 0.752. The summed E-state index contributed by atoms with van der Waals surface area (Å²) >= 11 is 5.69. The minimum atomic E-state index is 0.247. The van der Waals surface area contributed by atoms with Crippen LogP contribution in [0.1, 0.15) is 41.1 Å². The van der Waals surface area contributed by atoms with Crippen molar-refractivity contribution in [3.05, 3.63) is 29.3 Å². The van der Waals surface area contributed by atoms with E-state index in [2.05, 4.69) is 0 Å². The Morgan fingerprint density at radius 3 is 3.00 bits per heavy atom. The summed E-state index contributed by atoms with van der Waals surface area (Å²) < 4.78 is 5.19. The van der Waals surface area contributed by atoms with Crippen molar-refractivity contribution >= 4 is 17.4 Å². The lowest BCUT2D eigenvalue weighted by molar-refractivity contribution is 0.0988. The number of carbonyl (C=O) groups is 1. The van der Waals surface area contributed by atoms with Crippen molar-refractivity contribution in [1.29, 1.82) is 0 Å². The first-order valence-electron chi connectivity index (χ1n) is 5.53. The van der Waals surface area contributed by atoms with E-state index in [1.807, 2.05) is 18.2 Å². The monoisotopic (exact) mass is 238 g/mol. The highest BCUT2D eigenvalue weighted by molar-refractivity contribution is 6.17. The molecule has 0 spiro atoms. The second-order valence-corrected chi connectivity index (χ2v) is 4.49. The van der Waals surface area contributed by atoms with Gasteiger partial charge >= 0.3 is 0 Å². The molecule has 1 atom stereocenters. The number of fused-ring (bicyclic) bond motifs is 1. The van der Waals surface area contributed by atoms with Gasteiger partial charge in [-0.1, -0.05) is 0 Å². The van der Waals surface area contributed by atoms with Crippen LogP contribution in [0.4, 0.5) is 0 Å². The smallest absolute Gasteiger partial charge is 0.163 e. The van der Waals surface area contributed by atoms with Crippen molar-refractivity contribution in [1.82, 2.24) is 0 Å². The summed E-state index contributed by atoms with van der Waals surface area (Å²) in [6.45, 7) is 0. The number of alkyl halides is 1. The van der Waals surface area contributed by atoms with Gasteiger partial charge in [0.1, 0.15) is 5.75 Å². The van der Waals surface area contributed by atoms with E-state index in [1.54, 1.807) is 7.11 Å². The Morgan fingerprint density at radius 2 is 2.31 bits per heavy atom. The number of benzene rings is 1. The number of carbonyl (C=O) groups excluding carboxylic acids is 1.